The summed E-state index contributed by atoms with van der Waals surface area (Å²) in [5.74, 6) is -0.423. The summed E-state index contributed by atoms with van der Waals surface area (Å²) in [7, 11) is -4.13. The molecule has 0 aromatic heterocycles. The Morgan fingerprint density at radius 3 is 2.08 bits per heavy atom. The largest absolute Gasteiger partial charge is 2.00 e. The molecule has 0 bridgehead atoms. The van der Waals surface area contributed by atoms with Crippen LogP contribution in [0.2, 0.25) is 0 Å². The Kier molecular flexibility index (Phi) is 4.77. The van der Waals surface area contributed by atoms with Gasteiger partial charge in [0.1, 0.15) is 0 Å². The first-order chi connectivity index (χ1) is 5.08. The van der Waals surface area contributed by atoms with Crippen molar-refractivity contribution in [3.8, 4) is 0 Å². The van der Waals surface area contributed by atoms with E-state index in [-0.39, 0.29) is 23.1 Å². The summed E-state index contributed by atoms with van der Waals surface area (Å²) < 4.78 is 30.7. The third kappa shape index (κ3) is 4.71. The zero-order valence-electron chi connectivity index (χ0n) is 6.43. The molecule has 1 rings (SSSR count). The fourth-order valence-corrected chi connectivity index (χ4v) is 1.38. The van der Waals surface area contributed by atoms with Gasteiger partial charge in [0.25, 0.3) is 0 Å². The van der Waals surface area contributed by atoms with Crippen molar-refractivity contribution >= 4 is 33.2 Å². The van der Waals surface area contributed by atoms with Gasteiger partial charge in [-0.15, -0.1) is 0 Å². The van der Waals surface area contributed by atoms with Crippen LogP contribution in [0.1, 0.15) is 5.56 Å². The van der Waals surface area contributed by atoms with Gasteiger partial charge in [0, 0.05) is 0 Å². The third-order valence-electron chi connectivity index (χ3n) is 1.19. The molecule has 0 amide bonds. The number of rotatable bonds is 2. The Morgan fingerprint density at radius 1 is 1.17 bits per heavy atom. The summed E-state index contributed by atoms with van der Waals surface area (Å²) >= 11 is 0. The molecule has 0 aliphatic rings. The van der Waals surface area contributed by atoms with Crippen LogP contribution in [0.4, 0.5) is 0 Å². The van der Waals surface area contributed by atoms with Gasteiger partial charge in [-0.25, -0.2) is 8.42 Å². The topological polar surface area (TPSA) is 57.2 Å². The molecule has 3 nitrogen and oxygen atoms in total. The van der Waals surface area contributed by atoms with Crippen molar-refractivity contribution in [1.82, 2.24) is 0 Å². The Hall–Kier alpha value is -0.104. The van der Waals surface area contributed by atoms with Gasteiger partial charge in [-0.2, -0.15) is 0 Å². The first kappa shape index (κ1) is 11.9. The molecule has 0 saturated heterocycles. The summed E-state index contributed by atoms with van der Waals surface area (Å²) in [6.07, 6.45) is 0. The van der Waals surface area contributed by atoms with Crippen LogP contribution in [-0.4, -0.2) is 36.0 Å². The second-order valence-corrected chi connectivity index (χ2v) is 3.59. The predicted octanol–water partition coefficient (Wildman–Crippen LogP) is 0.351. The van der Waals surface area contributed by atoms with E-state index in [4.69, 9.17) is 0 Å². The summed E-state index contributed by atoms with van der Waals surface area (Å²) in [6, 6.07) is 8.37. The second kappa shape index (κ2) is 4.81. The molecule has 60 valence electrons. The Bertz CT molecular complexity index is 320. The standard InChI is InChI=1S/C7H8O3S.Mg/c8-11(9,10)6-7-4-2-1-3-5-7;/h1-5H,6H2,(H,8,9,10);/q;+2/p-1. The summed E-state index contributed by atoms with van der Waals surface area (Å²) in [5.41, 5.74) is 0.530. The second-order valence-electron chi connectivity index (χ2n) is 2.19. The maximum Gasteiger partial charge on any atom is 2.00 e. The SMILES string of the molecule is O=S(=O)([O-])Cc1ccccc1.[Mg+2]. The van der Waals surface area contributed by atoms with Crippen molar-refractivity contribution < 1.29 is 13.0 Å². The molecular weight excluding hydrogens is 188 g/mol. The fourth-order valence-electron chi connectivity index (χ4n) is 0.778. The summed E-state index contributed by atoms with van der Waals surface area (Å²) in [6.45, 7) is 0. The first-order valence-electron chi connectivity index (χ1n) is 3.05. The molecule has 0 spiro atoms. The van der Waals surface area contributed by atoms with Gasteiger partial charge in [0.2, 0.25) is 0 Å². The van der Waals surface area contributed by atoms with E-state index in [2.05, 4.69) is 0 Å². The maximum absolute atomic E-state index is 10.2. The van der Waals surface area contributed by atoms with Crippen LogP contribution in [0.5, 0.6) is 0 Å². The minimum atomic E-state index is -4.13. The van der Waals surface area contributed by atoms with E-state index < -0.39 is 15.9 Å². The molecule has 1 aromatic carbocycles. The van der Waals surface area contributed by atoms with Crippen LogP contribution in [0.3, 0.4) is 0 Å². The summed E-state index contributed by atoms with van der Waals surface area (Å²) in [4.78, 5) is 0. The van der Waals surface area contributed by atoms with E-state index in [0.29, 0.717) is 5.56 Å². The van der Waals surface area contributed by atoms with Gasteiger partial charge in [-0.1, -0.05) is 30.3 Å². The van der Waals surface area contributed by atoms with Crippen molar-refractivity contribution in [1.29, 1.82) is 0 Å². The number of hydrogen-bond acceptors (Lipinski definition) is 3. The average molecular weight is 196 g/mol. The normalized spacial score (nSPS) is 10.4. The molecule has 1 aromatic rings. The fraction of sp³-hybridized carbons (Fsp3) is 0.143. The zero-order chi connectivity index (χ0) is 8.32. The molecule has 0 atom stereocenters. The molecule has 0 heterocycles. The van der Waals surface area contributed by atoms with Crippen molar-refractivity contribution in [3.05, 3.63) is 35.9 Å². The average Bonchev–Trinajstić information content (AvgIpc) is 1.85. The van der Waals surface area contributed by atoms with Crippen LogP contribution in [0, 0.1) is 0 Å². The van der Waals surface area contributed by atoms with Gasteiger partial charge in [-0.3, -0.25) is 0 Å². The van der Waals surface area contributed by atoms with E-state index in [1.807, 2.05) is 0 Å². The van der Waals surface area contributed by atoms with Crippen LogP contribution < -0.4 is 0 Å². The predicted molar refractivity (Wildman–Crippen MR) is 45.6 cm³/mol. The van der Waals surface area contributed by atoms with Crippen LogP contribution in [0.25, 0.3) is 0 Å². The van der Waals surface area contributed by atoms with Crippen LogP contribution in [0.15, 0.2) is 30.3 Å². The van der Waals surface area contributed by atoms with E-state index in [9.17, 15) is 13.0 Å². The van der Waals surface area contributed by atoms with E-state index in [1.54, 1.807) is 30.3 Å². The maximum atomic E-state index is 10.2. The smallest absolute Gasteiger partial charge is 0.748 e. The van der Waals surface area contributed by atoms with Gasteiger partial charge in [-0.05, 0) is 5.56 Å². The van der Waals surface area contributed by atoms with Crippen LogP contribution >= 0.6 is 0 Å². The van der Waals surface area contributed by atoms with E-state index in [0.717, 1.165) is 0 Å². The minimum absolute atomic E-state index is 0. The van der Waals surface area contributed by atoms with Gasteiger partial charge in [0.15, 0.2) is 0 Å². The molecule has 0 radical (unpaired) electrons. The van der Waals surface area contributed by atoms with Crippen LogP contribution in [-0.2, 0) is 15.9 Å². The van der Waals surface area contributed by atoms with Crippen molar-refractivity contribution in [2.24, 2.45) is 0 Å². The Morgan fingerprint density at radius 2 is 1.67 bits per heavy atom. The Labute approximate surface area is 87.7 Å². The summed E-state index contributed by atoms with van der Waals surface area (Å²) in [5, 5.41) is 0. The molecular formula is C7H7MgO3S+. The number of hydrogen-bond donors (Lipinski definition) is 0. The molecule has 12 heavy (non-hydrogen) atoms. The zero-order valence-corrected chi connectivity index (χ0v) is 8.66. The van der Waals surface area contributed by atoms with Gasteiger partial charge < -0.3 is 4.55 Å². The van der Waals surface area contributed by atoms with Gasteiger partial charge >= 0.3 is 23.1 Å². The number of benzene rings is 1. The Balaban J connectivity index is 0.00000121. The molecule has 0 aliphatic carbocycles. The molecule has 0 unspecified atom stereocenters. The molecule has 0 aliphatic heterocycles. The third-order valence-corrected chi connectivity index (χ3v) is 1.87. The molecule has 0 N–H and O–H groups in total. The van der Waals surface area contributed by atoms with E-state index in [1.165, 1.54) is 0 Å². The van der Waals surface area contributed by atoms with Crippen molar-refractivity contribution in [2.45, 2.75) is 5.75 Å². The van der Waals surface area contributed by atoms with Crippen molar-refractivity contribution in [3.63, 3.8) is 0 Å². The molecule has 0 fully saturated rings. The van der Waals surface area contributed by atoms with E-state index >= 15 is 0 Å². The quantitative estimate of drug-likeness (QED) is 0.505. The molecule has 0 saturated carbocycles. The monoisotopic (exact) mass is 195 g/mol. The van der Waals surface area contributed by atoms with Gasteiger partial charge in [0.05, 0.1) is 15.9 Å². The minimum Gasteiger partial charge on any atom is -0.748 e. The first-order valence-corrected chi connectivity index (χ1v) is 4.63. The molecule has 5 heteroatoms. The van der Waals surface area contributed by atoms with Crippen molar-refractivity contribution in [2.75, 3.05) is 0 Å².